The average Bonchev–Trinajstić information content (AvgIpc) is 2.51. The number of rotatable bonds is 3. The highest BCUT2D eigenvalue weighted by Gasteiger charge is 2.20. The smallest absolute Gasteiger partial charge is 0.160 e. The highest BCUT2D eigenvalue weighted by Crippen LogP contribution is 2.24. The average molecular weight is 188 g/mol. The van der Waals surface area contributed by atoms with E-state index < -0.39 is 0 Å². The Morgan fingerprint density at radius 3 is 2.93 bits per heavy atom. The van der Waals surface area contributed by atoms with Gasteiger partial charge in [-0.3, -0.25) is 4.79 Å². The van der Waals surface area contributed by atoms with Crippen LogP contribution in [0.25, 0.3) is 0 Å². The maximum Gasteiger partial charge on any atom is 0.160 e. The minimum atomic E-state index is 0.255. The lowest BCUT2D eigenvalue weighted by Gasteiger charge is -1.95. The van der Waals surface area contributed by atoms with Crippen molar-refractivity contribution in [3.8, 4) is 11.8 Å². The summed E-state index contributed by atoms with van der Waals surface area (Å²) in [5, 5.41) is 0. The Hall–Kier alpha value is -1.29. The Kier molecular flexibility index (Phi) is 4.19. The van der Waals surface area contributed by atoms with Gasteiger partial charge >= 0.3 is 0 Å². The molecular weight excluding hydrogens is 172 g/mol. The van der Waals surface area contributed by atoms with E-state index in [0.717, 1.165) is 30.4 Å². The fraction of sp³-hybridized carbons (Fsp3) is 0.462. The molecule has 0 aromatic carbocycles. The van der Waals surface area contributed by atoms with Crippen LogP contribution in [0.2, 0.25) is 0 Å². The number of hydrogen-bond acceptors (Lipinski definition) is 1. The van der Waals surface area contributed by atoms with Gasteiger partial charge in [-0.15, -0.1) is 6.58 Å². The van der Waals surface area contributed by atoms with Crippen LogP contribution in [0.4, 0.5) is 0 Å². The van der Waals surface area contributed by atoms with Gasteiger partial charge in [0, 0.05) is 24.0 Å². The van der Waals surface area contributed by atoms with E-state index in [0.29, 0.717) is 12.8 Å². The quantitative estimate of drug-likeness (QED) is 0.491. The third kappa shape index (κ3) is 2.60. The van der Waals surface area contributed by atoms with Gasteiger partial charge in [0.25, 0.3) is 0 Å². The third-order valence-corrected chi connectivity index (χ3v) is 2.27. The fourth-order valence-corrected chi connectivity index (χ4v) is 1.52. The van der Waals surface area contributed by atoms with Crippen molar-refractivity contribution in [3.05, 3.63) is 23.8 Å². The molecule has 1 rings (SSSR count). The van der Waals surface area contributed by atoms with Gasteiger partial charge in [-0.2, -0.15) is 0 Å². The first-order valence-corrected chi connectivity index (χ1v) is 5.14. The predicted molar refractivity (Wildman–Crippen MR) is 58.8 cm³/mol. The molecule has 14 heavy (non-hydrogen) atoms. The molecule has 0 atom stereocenters. The fourth-order valence-electron chi connectivity index (χ4n) is 1.52. The number of unbranched alkanes of at least 4 members (excludes halogenated alkanes) is 1. The summed E-state index contributed by atoms with van der Waals surface area (Å²) < 4.78 is 0. The maximum atomic E-state index is 11.4. The van der Waals surface area contributed by atoms with E-state index in [4.69, 9.17) is 0 Å². The van der Waals surface area contributed by atoms with Gasteiger partial charge in [-0.05, 0) is 19.3 Å². The summed E-state index contributed by atoms with van der Waals surface area (Å²) in [6.45, 7) is 5.76. The summed E-state index contributed by atoms with van der Waals surface area (Å²) in [5.74, 6) is 6.46. The number of carbonyl (C=O) groups is 1. The second-order valence-electron chi connectivity index (χ2n) is 3.42. The molecule has 0 amide bonds. The molecule has 0 N–H and O–H groups in total. The van der Waals surface area contributed by atoms with Crippen molar-refractivity contribution in [1.82, 2.24) is 0 Å². The van der Waals surface area contributed by atoms with E-state index in [-0.39, 0.29) is 5.78 Å². The lowest BCUT2D eigenvalue weighted by Crippen LogP contribution is -1.94. The Labute approximate surface area is 85.9 Å². The molecule has 0 fully saturated rings. The molecule has 0 heterocycles. The summed E-state index contributed by atoms with van der Waals surface area (Å²) in [6, 6.07) is 0. The topological polar surface area (TPSA) is 17.1 Å². The summed E-state index contributed by atoms with van der Waals surface area (Å²) in [7, 11) is 0. The molecule has 0 saturated heterocycles. The second-order valence-corrected chi connectivity index (χ2v) is 3.42. The van der Waals surface area contributed by atoms with Crippen LogP contribution < -0.4 is 0 Å². The van der Waals surface area contributed by atoms with Crippen LogP contribution >= 0.6 is 0 Å². The zero-order chi connectivity index (χ0) is 10.4. The highest BCUT2D eigenvalue weighted by atomic mass is 16.1. The number of Topliss-reactive ketones (excluding diaryl/α,β-unsaturated/α-hetero) is 1. The maximum absolute atomic E-state index is 11.4. The molecule has 1 nitrogen and oxygen atoms in total. The van der Waals surface area contributed by atoms with Crippen LogP contribution in [0.3, 0.4) is 0 Å². The van der Waals surface area contributed by atoms with Crippen molar-refractivity contribution in [1.29, 1.82) is 0 Å². The minimum absolute atomic E-state index is 0.255. The van der Waals surface area contributed by atoms with E-state index in [2.05, 4.69) is 25.3 Å². The van der Waals surface area contributed by atoms with Crippen LogP contribution in [0.1, 0.15) is 39.0 Å². The van der Waals surface area contributed by atoms with Gasteiger partial charge in [0.15, 0.2) is 5.78 Å². The van der Waals surface area contributed by atoms with Crippen molar-refractivity contribution in [2.75, 3.05) is 0 Å². The largest absolute Gasteiger partial charge is 0.294 e. The Morgan fingerprint density at radius 1 is 1.50 bits per heavy atom. The van der Waals surface area contributed by atoms with E-state index in [1.54, 1.807) is 6.08 Å². The van der Waals surface area contributed by atoms with Crippen molar-refractivity contribution in [2.24, 2.45) is 0 Å². The molecule has 0 radical (unpaired) electrons. The van der Waals surface area contributed by atoms with Crippen molar-refractivity contribution in [2.45, 2.75) is 39.0 Å². The van der Waals surface area contributed by atoms with Gasteiger partial charge < -0.3 is 0 Å². The first-order valence-electron chi connectivity index (χ1n) is 5.14. The summed E-state index contributed by atoms with van der Waals surface area (Å²) in [5.41, 5.74) is 1.94. The van der Waals surface area contributed by atoms with Crippen molar-refractivity contribution < 1.29 is 4.79 Å². The lowest BCUT2D eigenvalue weighted by molar-refractivity contribution is -0.114. The SMILES string of the molecule is C=CCC1=C(C#CCCC)CCC1=O. The van der Waals surface area contributed by atoms with Crippen molar-refractivity contribution >= 4 is 5.78 Å². The monoisotopic (exact) mass is 188 g/mol. The van der Waals surface area contributed by atoms with Crippen LogP contribution in [0.15, 0.2) is 23.8 Å². The number of allylic oxidation sites excluding steroid dienone is 3. The summed E-state index contributed by atoms with van der Waals surface area (Å²) >= 11 is 0. The van der Waals surface area contributed by atoms with Crippen LogP contribution in [-0.2, 0) is 4.79 Å². The molecule has 0 saturated carbocycles. The molecule has 0 bridgehead atoms. The molecule has 0 aromatic heterocycles. The molecular formula is C13H16O. The van der Waals surface area contributed by atoms with Gasteiger partial charge in [0.05, 0.1) is 0 Å². The van der Waals surface area contributed by atoms with E-state index in [1.165, 1.54) is 0 Å². The van der Waals surface area contributed by atoms with E-state index in [1.807, 2.05) is 0 Å². The third-order valence-electron chi connectivity index (χ3n) is 2.27. The van der Waals surface area contributed by atoms with Crippen molar-refractivity contribution in [3.63, 3.8) is 0 Å². The summed E-state index contributed by atoms with van der Waals surface area (Å²) in [4.78, 5) is 11.4. The number of carbonyl (C=O) groups excluding carboxylic acids is 1. The van der Waals surface area contributed by atoms with Gasteiger partial charge in [-0.25, -0.2) is 0 Å². The number of ketones is 1. The Balaban J connectivity index is 2.78. The molecule has 1 aliphatic rings. The van der Waals surface area contributed by atoms with Gasteiger partial charge in [0.2, 0.25) is 0 Å². The first-order chi connectivity index (χ1) is 6.79. The first kappa shape index (κ1) is 10.8. The highest BCUT2D eigenvalue weighted by molar-refractivity contribution is 5.99. The van der Waals surface area contributed by atoms with Gasteiger partial charge in [-0.1, -0.05) is 24.8 Å². The molecule has 0 aliphatic heterocycles. The summed E-state index contributed by atoms with van der Waals surface area (Å²) in [6.07, 6.45) is 5.91. The van der Waals surface area contributed by atoms with Crippen LogP contribution in [-0.4, -0.2) is 5.78 Å². The molecule has 0 spiro atoms. The normalized spacial score (nSPS) is 15.4. The standard InChI is InChI=1S/C13H16O/c1-3-5-6-8-11-9-10-13(14)12(11)7-4-2/h4H,2-3,5,7,9-10H2,1H3. The molecule has 0 aromatic rings. The van der Waals surface area contributed by atoms with E-state index in [9.17, 15) is 4.79 Å². The van der Waals surface area contributed by atoms with Gasteiger partial charge in [0.1, 0.15) is 0 Å². The Morgan fingerprint density at radius 2 is 2.29 bits per heavy atom. The number of hydrogen-bond donors (Lipinski definition) is 0. The molecule has 1 heteroatoms. The predicted octanol–water partition coefficient (Wildman–Crippen LogP) is 3.03. The minimum Gasteiger partial charge on any atom is -0.294 e. The second kappa shape index (κ2) is 5.44. The molecule has 1 aliphatic carbocycles. The lowest BCUT2D eigenvalue weighted by atomic mass is 10.1. The Bertz CT molecular complexity index is 323. The zero-order valence-corrected chi connectivity index (χ0v) is 8.73. The van der Waals surface area contributed by atoms with E-state index >= 15 is 0 Å². The molecule has 0 unspecified atom stereocenters. The van der Waals surface area contributed by atoms with Crippen LogP contribution in [0, 0.1) is 11.8 Å². The zero-order valence-electron chi connectivity index (χ0n) is 8.73. The van der Waals surface area contributed by atoms with Crippen LogP contribution in [0.5, 0.6) is 0 Å². The molecule has 74 valence electrons.